The Morgan fingerprint density at radius 1 is 1.12 bits per heavy atom. The Morgan fingerprint density at radius 2 is 1.83 bits per heavy atom. The van der Waals surface area contributed by atoms with Crippen LogP contribution in [0.4, 0.5) is 4.39 Å². The molecule has 1 aromatic carbocycles. The summed E-state index contributed by atoms with van der Waals surface area (Å²) in [6.45, 7) is 5.54. The molecule has 1 aliphatic rings. The van der Waals surface area contributed by atoms with E-state index in [2.05, 4.69) is 11.8 Å². The number of para-hydroxylation sites is 1. The Labute approximate surface area is 144 Å². The molecule has 0 unspecified atom stereocenters. The Morgan fingerprint density at radius 3 is 2.50 bits per heavy atom. The second kappa shape index (κ2) is 9.34. The molecular weight excluding hydrogens is 331 g/mol. The van der Waals surface area contributed by atoms with Crippen LogP contribution >= 0.6 is 0 Å². The van der Waals surface area contributed by atoms with Crippen LogP contribution in [-0.4, -0.2) is 62.7 Å². The lowest BCUT2D eigenvalue weighted by Gasteiger charge is -2.33. The van der Waals surface area contributed by atoms with E-state index in [0.29, 0.717) is 39.3 Å². The number of unbranched alkanes of at least 4 members (excludes halogenated alkanes) is 2. The number of nitrogens with zero attached hydrogens (tertiary/aromatic N) is 2. The summed E-state index contributed by atoms with van der Waals surface area (Å²) in [5.74, 6) is 0.146. The highest BCUT2D eigenvalue weighted by Crippen LogP contribution is 2.15. The zero-order valence-electron chi connectivity index (χ0n) is 14.3. The Kier molecular flexibility index (Phi) is 7.45. The summed E-state index contributed by atoms with van der Waals surface area (Å²) < 4.78 is 45.0. The molecule has 2 rings (SSSR count). The zero-order chi connectivity index (χ0) is 17.4. The third-order valence-electron chi connectivity index (χ3n) is 4.23. The largest absolute Gasteiger partial charge is 0.489 e. The van der Waals surface area contributed by atoms with Crippen molar-refractivity contribution in [1.29, 1.82) is 0 Å². The fourth-order valence-corrected chi connectivity index (χ4v) is 4.29. The molecule has 0 spiro atoms. The van der Waals surface area contributed by atoms with E-state index in [-0.39, 0.29) is 17.3 Å². The van der Waals surface area contributed by atoms with Crippen molar-refractivity contribution in [2.75, 3.05) is 45.1 Å². The molecule has 0 aliphatic carbocycles. The van der Waals surface area contributed by atoms with Gasteiger partial charge in [0.05, 0.1) is 5.75 Å². The molecule has 1 aromatic rings. The van der Waals surface area contributed by atoms with Crippen LogP contribution in [0.25, 0.3) is 0 Å². The highest BCUT2D eigenvalue weighted by Gasteiger charge is 2.26. The standard InChI is InChI=1S/C17H27FN2O3S/c1-2-3-6-15-24(21,22)20-11-9-19(10-12-20)13-14-23-17-8-5-4-7-16(17)18/h4-5,7-8H,2-3,6,9-15H2,1H3. The molecule has 0 saturated carbocycles. The summed E-state index contributed by atoms with van der Waals surface area (Å²) in [6, 6.07) is 6.34. The summed E-state index contributed by atoms with van der Waals surface area (Å²) >= 11 is 0. The van der Waals surface area contributed by atoms with Crippen LogP contribution in [0.2, 0.25) is 0 Å². The predicted molar refractivity (Wildman–Crippen MR) is 93.2 cm³/mol. The van der Waals surface area contributed by atoms with E-state index < -0.39 is 10.0 Å². The lowest BCUT2D eigenvalue weighted by atomic mass is 10.3. The molecule has 0 bridgehead atoms. The predicted octanol–water partition coefficient (Wildman–Crippen LogP) is 2.34. The molecule has 5 nitrogen and oxygen atoms in total. The number of hydrogen-bond acceptors (Lipinski definition) is 4. The minimum absolute atomic E-state index is 0.247. The molecule has 7 heteroatoms. The van der Waals surface area contributed by atoms with Gasteiger partial charge in [0.25, 0.3) is 0 Å². The minimum Gasteiger partial charge on any atom is -0.489 e. The van der Waals surface area contributed by atoms with Crippen LogP contribution in [0.15, 0.2) is 24.3 Å². The van der Waals surface area contributed by atoms with Gasteiger partial charge < -0.3 is 4.74 Å². The van der Waals surface area contributed by atoms with Crippen molar-refractivity contribution in [2.45, 2.75) is 26.2 Å². The molecule has 24 heavy (non-hydrogen) atoms. The maximum Gasteiger partial charge on any atom is 0.214 e. The SMILES string of the molecule is CCCCCS(=O)(=O)N1CCN(CCOc2ccccc2F)CC1. The van der Waals surface area contributed by atoms with Crippen LogP contribution in [0.1, 0.15) is 26.2 Å². The maximum atomic E-state index is 13.5. The lowest BCUT2D eigenvalue weighted by Crippen LogP contribution is -2.50. The molecule has 0 radical (unpaired) electrons. The number of rotatable bonds is 9. The van der Waals surface area contributed by atoms with E-state index in [0.717, 1.165) is 19.3 Å². The molecule has 1 aliphatic heterocycles. The van der Waals surface area contributed by atoms with Gasteiger partial charge in [-0.2, -0.15) is 4.31 Å². The van der Waals surface area contributed by atoms with E-state index in [9.17, 15) is 12.8 Å². The average molecular weight is 358 g/mol. The number of piperazine rings is 1. The third kappa shape index (κ3) is 5.72. The highest BCUT2D eigenvalue weighted by molar-refractivity contribution is 7.89. The van der Waals surface area contributed by atoms with Gasteiger partial charge in [0.2, 0.25) is 10.0 Å². The number of benzene rings is 1. The molecular formula is C17H27FN2O3S. The molecule has 0 aromatic heterocycles. The monoisotopic (exact) mass is 358 g/mol. The summed E-state index contributed by atoms with van der Waals surface area (Å²) in [4.78, 5) is 2.15. The van der Waals surface area contributed by atoms with Crippen LogP contribution in [-0.2, 0) is 10.0 Å². The van der Waals surface area contributed by atoms with E-state index in [1.165, 1.54) is 6.07 Å². The second-order valence-electron chi connectivity index (χ2n) is 6.04. The van der Waals surface area contributed by atoms with Gasteiger partial charge in [-0.1, -0.05) is 31.9 Å². The Bertz CT molecular complexity index is 602. The molecule has 0 N–H and O–H groups in total. The van der Waals surface area contributed by atoms with Crippen molar-refractivity contribution < 1.29 is 17.5 Å². The van der Waals surface area contributed by atoms with E-state index in [1.807, 2.05) is 0 Å². The normalized spacial score (nSPS) is 17.1. The number of ether oxygens (including phenoxy) is 1. The fraction of sp³-hybridized carbons (Fsp3) is 0.647. The number of halogens is 1. The molecule has 1 saturated heterocycles. The lowest BCUT2D eigenvalue weighted by molar-refractivity contribution is 0.157. The summed E-state index contributed by atoms with van der Waals surface area (Å²) in [5.41, 5.74) is 0. The van der Waals surface area contributed by atoms with Crippen molar-refractivity contribution in [3.63, 3.8) is 0 Å². The van der Waals surface area contributed by atoms with Crippen LogP contribution in [0.5, 0.6) is 5.75 Å². The third-order valence-corrected chi connectivity index (χ3v) is 6.19. The van der Waals surface area contributed by atoms with Gasteiger partial charge in [0.15, 0.2) is 11.6 Å². The first kappa shape index (κ1) is 19.1. The molecule has 1 fully saturated rings. The first-order valence-corrected chi connectivity index (χ1v) is 10.2. The molecule has 1 heterocycles. The van der Waals surface area contributed by atoms with Crippen LogP contribution < -0.4 is 4.74 Å². The van der Waals surface area contributed by atoms with Crippen molar-refractivity contribution in [2.24, 2.45) is 0 Å². The van der Waals surface area contributed by atoms with Gasteiger partial charge in [-0.15, -0.1) is 0 Å². The summed E-state index contributed by atoms with van der Waals surface area (Å²) in [6.07, 6.45) is 2.70. The number of sulfonamides is 1. The van der Waals surface area contributed by atoms with Crippen molar-refractivity contribution in [3.8, 4) is 5.75 Å². The first-order chi connectivity index (χ1) is 11.5. The van der Waals surface area contributed by atoms with Gasteiger partial charge in [-0.05, 0) is 18.6 Å². The summed E-state index contributed by atoms with van der Waals surface area (Å²) in [7, 11) is -3.12. The van der Waals surface area contributed by atoms with E-state index in [1.54, 1.807) is 22.5 Å². The van der Waals surface area contributed by atoms with Gasteiger partial charge in [-0.25, -0.2) is 12.8 Å². The van der Waals surface area contributed by atoms with Crippen LogP contribution in [0.3, 0.4) is 0 Å². The maximum absolute atomic E-state index is 13.5. The molecule has 136 valence electrons. The first-order valence-electron chi connectivity index (χ1n) is 8.60. The van der Waals surface area contributed by atoms with Gasteiger partial charge in [0, 0.05) is 32.7 Å². The van der Waals surface area contributed by atoms with E-state index >= 15 is 0 Å². The highest BCUT2D eigenvalue weighted by atomic mass is 32.2. The van der Waals surface area contributed by atoms with Crippen molar-refractivity contribution >= 4 is 10.0 Å². The number of hydrogen-bond donors (Lipinski definition) is 0. The Balaban J connectivity index is 1.70. The van der Waals surface area contributed by atoms with Crippen LogP contribution in [0, 0.1) is 5.82 Å². The van der Waals surface area contributed by atoms with Gasteiger partial charge in [-0.3, -0.25) is 4.90 Å². The smallest absolute Gasteiger partial charge is 0.214 e. The second-order valence-corrected chi connectivity index (χ2v) is 8.13. The van der Waals surface area contributed by atoms with Gasteiger partial charge in [0.1, 0.15) is 6.61 Å². The Hall–Kier alpha value is -1.18. The van der Waals surface area contributed by atoms with Crippen molar-refractivity contribution in [1.82, 2.24) is 9.21 Å². The van der Waals surface area contributed by atoms with Gasteiger partial charge >= 0.3 is 0 Å². The minimum atomic E-state index is -3.12. The molecule has 0 amide bonds. The zero-order valence-corrected chi connectivity index (χ0v) is 15.1. The van der Waals surface area contributed by atoms with E-state index in [4.69, 9.17) is 4.74 Å². The fourth-order valence-electron chi connectivity index (χ4n) is 2.74. The topological polar surface area (TPSA) is 49.9 Å². The average Bonchev–Trinajstić information content (AvgIpc) is 2.57. The summed E-state index contributed by atoms with van der Waals surface area (Å²) in [5, 5.41) is 0. The quantitative estimate of drug-likeness (QED) is 0.636. The van der Waals surface area contributed by atoms with Crippen molar-refractivity contribution in [3.05, 3.63) is 30.1 Å². The molecule has 0 atom stereocenters.